The van der Waals surface area contributed by atoms with E-state index in [1.807, 2.05) is 28.7 Å². The van der Waals surface area contributed by atoms with Crippen LogP contribution in [0.1, 0.15) is 5.56 Å². The first-order valence-corrected chi connectivity index (χ1v) is 6.50. The van der Waals surface area contributed by atoms with Crippen LogP contribution in [0.25, 0.3) is 0 Å². The normalized spacial score (nSPS) is 9.85. The standard InChI is InChI=1S/C11H4ClIN4O3/c12-9-3-10(16-5-15-9)20-11-7(13)1-6(4-14)2-8(11)17(18)19/h1-3,5H. The van der Waals surface area contributed by atoms with Crippen molar-refractivity contribution in [3.8, 4) is 17.7 Å². The molecular weight excluding hydrogens is 399 g/mol. The summed E-state index contributed by atoms with van der Waals surface area (Å²) in [6, 6.07) is 5.80. The van der Waals surface area contributed by atoms with Crippen molar-refractivity contribution in [3.63, 3.8) is 0 Å². The molecule has 0 atom stereocenters. The molecule has 1 heterocycles. The van der Waals surface area contributed by atoms with Gasteiger partial charge in [0.1, 0.15) is 11.5 Å². The molecule has 0 fully saturated rings. The summed E-state index contributed by atoms with van der Waals surface area (Å²) >= 11 is 7.54. The highest BCUT2D eigenvalue weighted by Gasteiger charge is 2.21. The monoisotopic (exact) mass is 402 g/mol. The largest absolute Gasteiger partial charge is 0.430 e. The van der Waals surface area contributed by atoms with E-state index in [1.54, 1.807) is 0 Å². The molecule has 0 amide bonds. The summed E-state index contributed by atoms with van der Waals surface area (Å²) in [6.45, 7) is 0. The minimum atomic E-state index is -0.624. The first-order valence-electron chi connectivity index (χ1n) is 5.04. The third-order valence-corrected chi connectivity index (χ3v) is 3.17. The summed E-state index contributed by atoms with van der Waals surface area (Å²) in [6.07, 6.45) is 1.18. The molecule has 2 aromatic rings. The number of rotatable bonds is 3. The highest BCUT2D eigenvalue weighted by atomic mass is 127. The lowest BCUT2D eigenvalue weighted by Gasteiger charge is -2.07. The summed E-state index contributed by atoms with van der Waals surface area (Å²) in [7, 11) is 0. The number of hydrogen-bond donors (Lipinski definition) is 0. The number of nitrogens with zero attached hydrogens (tertiary/aromatic N) is 4. The van der Waals surface area contributed by atoms with E-state index < -0.39 is 4.92 Å². The first kappa shape index (κ1) is 14.4. The van der Waals surface area contributed by atoms with Crippen LogP contribution in [0, 0.1) is 25.0 Å². The van der Waals surface area contributed by atoms with E-state index in [4.69, 9.17) is 21.6 Å². The highest BCUT2D eigenvalue weighted by molar-refractivity contribution is 14.1. The fraction of sp³-hybridized carbons (Fsp3) is 0. The Bertz CT molecular complexity index is 732. The number of aromatic nitrogens is 2. The van der Waals surface area contributed by atoms with Crippen LogP contribution in [0.15, 0.2) is 24.5 Å². The maximum Gasteiger partial charge on any atom is 0.314 e. The van der Waals surface area contributed by atoms with Crippen LogP contribution >= 0.6 is 34.2 Å². The van der Waals surface area contributed by atoms with Crippen LogP contribution in [0.2, 0.25) is 5.15 Å². The molecular formula is C11H4ClIN4O3. The Morgan fingerprint density at radius 1 is 1.40 bits per heavy atom. The molecule has 1 aromatic heterocycles. The molecule has 7 nitrogen and oxygen atoms in total. The SMILES string of the molecule is N#Cc1cc(I)c(Oc2cc(Cl)ncn2)c([N+](=O)[O-])c1. The molecule has 20 heavy (non-hydrogen) atoms. The Morgan fingerprint density at radius 2 is 2.15 bits per heavy atom. The van der Waals surface area contributed by atoms with Gasteiger partial charge in [0.25, 0.3) is 0 Å². The smallest absolute Gasteiger partial charge is 0.314 e. The number of benzene rings is 1. The quantitative estimate of drug-likeness (QED) is 0.338. The van der Waals surface area contributed by atoms with E-state index in [-0.39, 0.29) is 28.0 Å². The Labute approximate surface area is 131 Å². The fourth-order valence-electron chi connectivity index (χ4n) is 1.36. The summed E-state index contributed by atoms with van der Waals surface area (Å²) in [5, 5.41) is 20.0. The Balaban J connectivity index is 2.51. The average Bonchev–Trinajstić information content (AvgIpc) is 2.40. The van der Waals surface area contributed by atoms with E-state index in [2.05, 4.69) is 9.97 Å². The van der Waals surface area contributed by atoms with Crippen LogP contribution in [-0.4, -0.2) is 14.9 Å². The van der Waals surface area contributed by atoms with E-state index >= 15 is 0 Å². The molecule has 0 spiro atoms. The van der Waals surface area contributed by atoms with Crippen molar-refractivity contribution in [3.05, 3.63) is 48.9 Å². The zero-order valence-electron chi connectivity index (χ0n) is 9.58. The summed E-state index contributed by atoms with van der Waals surface area (Å²) in [4.78, 5) is 17.9. The van der Waals surface area contributed by atoms with Crippen molar-refractivity contribution in [2.24, 2.45) is 0 Å². The van der Waals surface area contributed by atoms with Crippen molar-refractivity contribution in [1.82, 2.24) is 9.97 Å². The third-order valence-electron chi connectivity index (χ3n) is 2.17. The minimum Gasteiger partial charge on any atom is -0.430 e. The maximum absolute atomic E-state index is 11.1. The summed E-state index contributed by atoms with van der Waals surface area (Å²) < 4.78 is 5.81. The van der Waals surface area contributed by atoms with Gasteiger partial charge in [0, 0.05) is 12.1 Å². The molecule has 100 valence electrons. The number of nitro benzene ring substituents is 1. The summed E-state index contributed by atoms with van der Waals surface area (Å²) in [5.41, 5.74) is -0.141. The van der Waals surface area contributed by atoms with Crippen molar-refractivity contribution < 1.29 is 9.66 Å². The average molecular weight is 403 g/mol. The van der Waals surface area contributed by atoms with Gasteiger partial charge in [-0.05, 0) is 28.7 Å². The number of hydrogen-bond acceptors (Lipinski definition) is 6. The molecule has 9 heteroatoms. The highest BCUT2D eigenvalue weighted by Crippen LogP contribution is 2.36. The Hall–Kier alpha value is -1.99. The van der Waals surface area contributed by atoms with Crippen LogP contribution < -0.4 is 4.74 Å². The number of nitriles is 1. The van der Waals surface area contributed by atoms with Gasteiger partial charge in [0.2, 0.25) is 11.6 Å². The van der Waals surface area contributed by atoms with Gasteiger partial charge in [0.15, 0.2) is 0 Å². The van der Waals surface area contributed by atoms with Crippen LogP contribution in [0.3, 0.4) is 0 Å². The van der Waals surface area contributed by atoms with Gasteiger partial charge < -0.3 is 4.74 Å². The molecule has 0 N–H and O–H groups in total. The van der Waals surface area contributed by atoms with Crippen molar-refractivity contribution >= 4 is 39.9 Å². The van der Waals surface area contributed by atoms with Crippen LogP contribution in [0.4, 0.5) is 5.69 Å². The minimum absolute atomic E-state index is 0.00404. The van der Waals surface area contributed by atoms with Crippen LogP contribution in [-0.2, 0) is 0 Å². The van der Waals surface area contributed by atoms with E-state index in [9.17, 15) is 10.1 Å². The lowest BCUT2D eigenvalue weighted by Crippen LogP contribution is -1.98. The lowest BCUT2D eigenvalue weighted by atomic mass is 10.2. The van der Waals surface area contributed by atoms with Crippen LogP contribution in [0.5, 0.6) is 11.6 Å². The molecule has 0 aliphatic carbocycles. The molecule has 0 bridgehead atoms. The third kappa shape index (κ3) is 3.12. The number of halogens is 2. The summed E-state index contributed by atoms with van der Waals surface area (Å²) in [5.74, 6) is 0.0834. The Kier molecular flexibility index (Phi) is 4.31. The van der Waals surface area contributed by atoms with E-state index in [0.717, 1.165) is 6.07 Å². The molecule has 0 unspecified atom stereocenters. The predicted molar refractivity (Wildman–Crippen MR) is 77.6 cm³/mol. The van der Waals surface area contributed by atoms with Gasteiger partial charge in [-0.2, -0.15) is 5.26 Å². The molecule has 0 saturated carbocycles. The van der Waals surface area contributed by atoms with Gasteiger partial charge in [-0.1, -0.05) is 11.6 Å². The second-order valence-corrected chi connectivity index (χ2v) is 5.01. The zero-order chi connectivity index (χ0) is 14.7. The van der Waals surface area contributed by atoms with Crippen molar-refractivity contribution in [2.75, 3.05) is 0 Å². The fourth-order valence-corrected chi connectivity index (χ4v) is 2.22. The van der Waals surface area contributed by atoms with Crippen molar-refractivity contribution in [1.29, 1.82) is 5.26 Å². The van der Waals surface area contributed by atoms with Crippen molar-refractivity contribution in [2.45, 2.75) is 0 Å². The molecule has 1 aromatic carbocycles. The number of nitro groups is 1. The molecule has 2 rings (SSSR count). The number of ether oxygens (including phenoxy) is 1. The lowest BCUT2D eigenvalue weighted by molar-refractivity contribution is -0.385. The second kappa shape index (κ2) is 5.98. The molecule has 0 aliphatic heterocycles. The maximum atomic E-state index is 11.1. The Morgan fingerprint density at radius 3 is 2.75 bits per heavy atom. The van der Waals surface area contributed by atoms with E-state index in [1.165, 1.54) is 18.5 Å². The second-order valence-electron chi connectivity index (χ2n) is 3.46. The van der Waals surface area contributed by atoms with Gasteiger partial charge in [-0.15, -0.1) is 0 Å². The van der Waals surface area contributed by atoms with Gasteiger partial charge in [0.05, 0.1) is 20.1 Å². The predicted octanol–water partition coefficient (Wildman–Crippen LogP) is 3.31. The molecule has 0 radical (unpaired) electrons. The first-order chi connectivity index (χ1) is 9.51. The zero-order valence-corrected chi connectivity index (χ0v) is 12.5. The topological polar surface area (TPSA) is 102 Å². The molecule has 0 aliphatic rings. The van der Waals surface area contributed by atoms with E-state index in [0.29, 0.717) is 3.57 Å². The van der Waals surface area contributed by atoms with Gasteiger partial charge >= 0.3 is 5.69 Å². The molecule has 0 saturated heterocycles. The van der Waals surface area contributed by atoms with Gasteiger partial charge in [-0.25, -0.2) is 9.97 Å². The van der Waals surface area contributed by atoms with Gasteiger partial charge in [-0.3, -0.25) is 10.1 Å².